The molecule has 0 fully saturated rings. The van der Waals surface area contributed by atoms with Crippen molar-refractivity contribution in [2.75, 3.05) is 11.3 Å². The van der Waals surface area contributed by atoms with Crippen molar-refractivity contribution in [3.05, 3.63) is 29.3 Å². The minimum absolute atomic E-state index is 0.463. The van der Waals surface area contributed by atoms with Crippen LogP contribution < -0.4 is 5.32 Å². The molecule has 2 heteroatoms. The van der Waals surface area contributed by atoms with E-state index in [1.807, 2.05) is 12.1 Å². The van der Waals surface area contributed by atoms with Crippen LogP contribution in [0.3, 0.4) is 0 Å². The largest absolute Gasteiger partial charge is 0.371 e. The summed E-state index contributed by atoms with van der Waals surface area (Å²) in [4.78, 5) is 0. The number of hydrogen-bond donors (Lipinski definition) is 1. The summed E-state index contributed by atoms with van der Waals surface area (Å²) in [6.07, 6.45) is 0. The average molecular weight is 170 g/mol. The van der Waals surface area contributed by atoms with Crippen molar-refractivity contribution in [3.63, 3.8) is 0 Å². The van der Waals surface area contributed by atoms with Gasteiger partial charge in [-0.2, -0.15) is 0 Å². The molecule has 0 amide bonds. The summed E-state index contributed by atoms with van der Waals surface area (Å²) in [6.45, 7) is 4.18. The fourth-order valence-electron chi connectivity index (χ4n) is 1.01. The first-order chi connectivity index (χ1) is 5.25. The Bertz CT molecular complexity index is 245. The molecule has 1 aromatic carbocycles. The Morgan fingerprint density at radius 1 is 1.36 bits per heavy atom. The van der Waals surface area contributed by atoms with Crippen LogP contribution in [0.4, 0.5) is 5.69 Å². The first-order valence-electron chi connectivity index (χ1n) is 3.61. The minimum Gasteiger partial charge on any atom is -0.371 e. The first-order valence-corrected chi connectivity index (χ1v) is 4.15. The molecule has 0 aromatic heterocycles. The Kier molecular flexibility index (Phi) is 2.77. The van der Waals surface area contributed by atoms with Crippen molar-refractivity contribution in [3.8, 4) is 0 Å². The van der Waals surface area contributed by atoms with E-state index in [1.54, 1.807) is 0 Å². The summed E-state index contributed by atoms with van der Waals surface area (Å²) in [5.74, 6) is 0. The van der Waals surface area contributed by atoms with Gasteiger partial charge in [0.05, 0.1) is 6.00 Å². The third kappa shape index (κ3) is 1.87. The SMILES string of the molecule is Cc1cccc(NCCl)c1C. The third-order valence-corrected chi connectivity index (χ3v) is 2.00. The molecule has 1 nitrogen and oxygen atoms in total. The lowest BCUT2D eigenvalue weighted by molar-refractivity contribution is 1.30. The fourth-order valence-corrected chi connectivity index (χ4v) is 1.16. The van der Waals surface area contributed by atoms with Crippen LogP contribution >= 0.6 is 11.6 Å². The topological polar surface area (TPSA) is 12.0 Å². The van der Waals surface area contributed by atoms with Crippen LogP contribution in [-0.2, 0) is 0 Å². The summed E-state index contributed by atoms with van der Waals surface area (Å²) in [5, 5.41) is 3.08. The maximum atomic E-state index is 5.55. The maximum Gasteiger partial charge on any atom is 0.0901 e. The van der Waals surface area contributed by atoms with Gasteiger partial charge in [-0.25, -0.2) is 0 Å². The second kappa shape index (κ2) is 3.63. The van der Waals surface area contributed by atoms with Gasteiger partial charge in [0, 0.05) is 5.69 Å². The van der Waals surface area contributed by atoms with Crippen molar-refractivity contribution in [1.82, 2.24) is 0 Å². The molecule has 1 rings (SSSR count). The molecule has 0 heterocycles. The molecule has 0 atom stereocenters. The zero-order chi connectivity index (χ0) is 8.27. The highest BCUT2D eigenvalue weighted by atomic mass is 35.5. The van der Waals surface area contributed by atoms with E-state index in [9.17, 15) is 0 Å². The number of rotatable bonds is 2. The normalized spacial score (nSPS) is 9.73. The van der Waals surface area contributed by atoms with Crippen molar-refractivity contribution >= 4 is 17.3 Å². The molecule has 0 aliphatic carbocycles. The van der Waals surface area contributed by atoms with Gasteiger partial charge in [-0.15, -0.1) is 11.6 Å². The van der Waals surface area contributed by atoms with E-state index < -0.39 is 0 Å². The second-order valence-corrected chi connectivity index (χ2v) is 2.83. The van der Waals surface area contributed by atoms with Crippen LogP contribution in [0.15, 0.2) is 18.2 Å². The second-order valence-electron chi connectivity index (χ2n) is 2.56. The highest BCUT2D eigenvalue weighted by molar-refractivity contribution is 6.18. The molecule has 0 saturated heterocycles. The number of anilines is 1. The smallest absolute Gasteiger partial charge is 0.0901 e. The summed E-state index contributed by atoms with van der Waals surface area (Å²) in [5.41, 5.74) is 3.69. The summed E-state index contributed by atoms with van der Waals surface area (Å²) in [7, 11) is 0. The van der Waals surface area contributed by atoms with Gasteiger partial charge in [0.15, 0.2) is 0 Å². The average Bonchev–Trinajstić information content (AvgIpc) is 1.99. The van der Waals surface area contributed by atoms with Gasteiger partial charge >= 0.3 is 0 Å². The number of nitrogens with one attached hydrogen (secondary N) is 1. The lowest BCUT2D eigenvalue weighted by Gasteiger charge is -2.07. The molecule has 1 aromatic rings. The van der Waals surface area contributed by atoms with Crippen molar-refractivity contribution in [1.29, 1.82) is 0 Å². The van der Waals surface area contributed by atoms with Crippen LogP contribution in [0.25, 0.3) is 0 Å². The van der Waals surface area contributed by atoms with Gasteiger partial charge in [-0.05, 0) is 31.0 Å². The maximum absolute atomic E-state index is 5.55. The molecule has 1 N–H and O–H groups in total. The molecular formula is C9H12ClN. The van der Waals surface area contributed by atoms with Crippen LogP contribution in [0.2, 0.25) is 0 Å². The Hall–Kier alpha value is -0.690. The molecule has 60 valence electrons. The number of hydrogen-bond acceptors (Lipinski definition) is 1. The zero-order valence-corrected chi connectivity index (χ0v) is 7.57. The molecule has 0 aliphatic rings. The lowest BCUT2D eigenvalue weighted by atomic mass is 10.1. The quantitative estimate of drug-likeness (QED) is 0.530. The van der Waals surface area contributed by atoms with Gasteiger partial charge in [-0.1, -0.05) is 12.1 Å². The molecule has 0 bridgehead atoms. The van der Waals surface area contributed by atoms with Crippen molar-refractivity contribution in [2.24, 2.45) is 0 Å². The van der Waals surface area contributed by atoms with Crippen LogP contribution in [-0.4, -0.2) is 6.00 Å². The third-order valence-electron chi connectivity index (χ3n) is 1.86. The van der Waals surface area contributed by atoms with Crippen LogP contribution in [0.5, 0.6) is 0 Å². The molecular weight excluding hydrogens is 158 g/mol. The van der Waals surface area contributed by atoms with Gasteiger partial charge in [0.1, 0.15) is 0 Å². The zero-order valence-electron chi connectivity index (χ0n) is 6.82. The van der Waals surface area contributed by atoms with Crippen LogP contribution in [0, 0.1) is 13.8 Å². The Morgan fingerprint density at radius 2 is 2.09 bits per heavy atom. The van der Waals surface area contributed by atoms with Gasteiger partial charge in [-0.3, -0.25) is 0 Å². The van der Waals surface area contributed by atoms with E-state index in [0.717, 1.165) is 5.69 Å². The molecule has 11 heavy (non-hydrogen) atoms. The van der Waals surface area contributed by atoms with E-state index >= 15 is 0 Å². The lowest BCUT2D eigenvalue weighted by Crippen LogP contribution is -1.97. The number of aryl methyl sites for hydroxylation is 1. The Balaban J connectivity index is 2.96. The Morgan fingerprint density at radius 3 is 2.73 bits per heavy atom. The molecule has 0 radical (unpaired) electrons. The predicted molar refractivity (Wildman–Crippen MR) is 50.3 cm³/mol. The molecule has 0 spiro atoms. The van der Waals surface area contributed by atoms with Gasteiger partial charge in [0.25, 0.3) is 0 Å². The van der Waals surface area contributed by atoms with E-state index in [-0.39, 0.29) is 0 Å². The number of halogens is 1. The standard InChI is InChI=1S/C9H12ClN/c1-7-4-3-5-9(8(7)2)11-6-10/h3-5,11H,6H2,1-2H3. The number of alkyl halides is 1. The highest BCUT2D eigenvalue weighted by Gasteiger charge is 1.97. The molecule has 0 unspecified atom stereocenters. The van der Waals surface area contributed by atoms with Crippen LogP contribution in [0.1, 0.15) is 11.1 Å². The van der Waals surface area contributed by atoms with E-state index in [1.165, 1.54) is 11.1 Å². The van der Waals surface area contributed by atoms with E-state index in [4.69, 9.17) is 11.6 Å². The van der Waals surface area contributed by atoms with E-state index in [0.29, 0.717) is 6.00 Å². The predicted octanol–water partition coefficient (Wildman–Crippen LogP) is 2.91. The minimum atomic E-state index is 0.463. The van der Waals surface area contributed by atoms with Gasteiger partial charge < -0.3 is 5.32 Å². The molecule has 0 aliphatic heterocycles. The van der Waals surface area contributed by atoms with Crippen molar-refractivity contribution < 1.29 is 0 Å². The fraction of sp³-hybridized carbons (Fsp3) is 0.333. The first kappa shape index (κ1) is 8.41. The van der Waals surface area contributed by atoms with E-state index in [2.05, 4.69) is 25.2 Å². The van der Waals surface area contributed by atoms with Gasteiger partial charge in [0.2, 0.25) is 0 Å². The number of benzene rings is 1. The van der Waals surface area contributed by atoms with Crippen molar-refractivity contribution in [2.45, 2.75) is 13.8 Å². The summed E-state index contributed by atoms with van der Waals surface area (Å²) in [6, 6.07) is 6.61. The summed E-state index contributed by atoms with van der Waals surface area (Å²) < 4.78 is 0. The highest BCUT2D eigenvalue weighted by Crippen LogP contribution is 2.17. The summed E-state index contributed by atoms with van der Waals surface area (Å²) >= 11 is 5.55. The monoisotopic (exact) mass is 169 g/mol. The molecule has 0 saturated carbocycles. The Labute approximate surface area is 72.4 Å².